The number of hydrogen-bond donors (Lipinski definition) is 3. The Morgan fingerprint density at radius 3 is 2.47 bits per heavy atom. The van der Waals surface area contributed by atoms with Gasteiger partial charge >= 0.3 is 5.97 Å². The third-order valence-corrected chi connectivity index (χ3v) is 2.26. The van der Waals surface area contributed by atoms with E-state index >= 15 is 0 Å². The van der Waals surface area contributed by atoms with Crippen LogP contribution in [0.3, 0.4) is 0 Å². The predicted molar refractivity (Wildman–Crippen MR) is 58.3 cm³/mol. The number of aliphatic carboxylic acids is 1. The molecule has 1 aromatic rings. The Bertz CT molecular complexity index is 339. The maximum Gasteiger partial charge on any atom is 0.304 e. The first-order valence-corrected chi connectivity index (χ1v) is 4.87. The van der Waals surface area contributed by atoms with Crippen LogP contribution in [-0.4, -0.2) is 17.1 Å². The van der Waals surface area contributed by atoms with Crippen molar-refractivity contribution in [2.24, 2.45) is 11.5 Å². The molecular weight excluding hydrogens is 192 g/mol. The van der Waals surface area contributed by atoms with Gasteiger partial charge in [-0.1, -0.05) is 24.3 Å². The van der Waals surface area contributed by atoms with Crippen molar-refractivity contribution in [2.45, 2.75) is 25.4 Å². The Hall–Kier alpha value is -1.39. The fraction of sp³-hybridized carbons (Fsp3) is 0.364. The molecule has 0 fully saturated rings. The minimum atomic E-state index is -0.868. The third kappa shape index (κ3) is 3.69. The molecule has 1 atom stereocenters. The zero-order valence-electron chi connectivity index (χ0n) is 8.52. The molecule has 4 nitrogen and oxygen atoms in total. The molecule has 0 aliphatic heterocycles. The second-order valence-corrected chi connectivity index (χ2v) is 3.53. The number of carboxylic acids is 1. The summed E-state index contributed by atoms with van der Waals surface area (Å²) in [4.78, 5) is 10.4. The zero-order valence-corrected chi connectivity index (χ0v) is 8.52. The van der Waals surface area contributed by atoms with Gasteiger partial charge < -0.3 is 16.6 Å². The number of benzene rings is 1. The van der Waals surface area contributed by atoms with Crippen molar-refractivity contribution >= 4 is 5.97 Å². The Kier molecular flexibility index (Phi) is 4.27. The fourth-order valence-corrected chi connectivity index (χ4v) is 1.53. The van der Waals surface area contributed by atoms with Crippen molar-refractivity contribution in [2.75, 3.05) is 0 Å². The molecule has 0 bridgehead atoms. The smallest absolute Gasteiger partial charge is 0.304 e. The highest BCUT2D eigenvalue weighted by Gasteiger charge is 2.10. The quantitative estimate of drug-likeness (QED) is 0.657. The second kappa shape index (κ2) is 5.48. The van der Waals surface area contributed by atoms with Crippen molar-refractivity contribution in [3.63, 3.8) is 0 Å². The van der Waals surface area contributed by atoms with Crippen LogP contribution in [0, 0.1) is 0 Å². The minimum absolute atomic E-state index is 0.0150. The summed E-state index contributed by atoms with van der Waals surface area (Å²) in [5.41, 5.74) is 13.3. The van der Waals surface area contributed by atoms with Crippen LogP contribution in [0.1, 0.15) is 17.5 Å². The molecule has 0 amide bonds. The molecule has 4 heteroatoms. The largest absolute Gasteiger partial charge is 0.481 e. The van der Waals surface area contributed by atoms with Crippen LogP contribution in [0.25, 0.3) is 0 Å². The second-order valence-electron chi connectivity index (χ2n) is 3.53. The van der Waals surface area contributed by atoms with Gasteiger partial charge in [-0.2, -0.15) is 0 Å². The van der Waals surface area contributed by atoms with E-state index in [1.807, 2.05) is 24.3 Å². The van der Waals surface area contributed by atoms with Gasteiger partial charge in [0.1, 0.15) is 0 Å². The average molecular weight is 208 g/mol. The van der Waals surface area contributed by atoms with E-state index in [0.29, 0.717) is 13.0 Å². The maximum absolute atomic E-state index is 10.4. The number of carbonyl (C=O) groups is 1. The molecule has 0 aliphatic carbocycles. The van der Waals surface area contributed by atoms with Crippen LogP contribution < -0.4 is 11.5 Å². The highest BCUT2D eigenvalue weighted by atomic mass is 16.4. The third-order valence-electron chi connectivity index (χ3n) is 2.26. The van der Waals surface area contributed by atoms with Crippen LogP contribution in [-0.2, 0) is 17.8 Å². The first kappa shape index (κ1) is 11.7. The Labute approximate surface area is 88.9 Å². The zero-order chi connectivity index (χ0) is 11.3. The molecule has 0 unspecified atom stereocenters. The molecule has 0 aliphatic rings. The molecule has 0 heterocycles. The minimum Gasteiger partial charge on any atom is -0.481 e. The van der Waals surface area contributed by atoms with Crippen molar-refractivity contribution in [1.82, 2.24) is 0 Å². The van der Waals surface area contributed by atoms with E-state index in [1.54, 1.807) is 0 Å². The summed E-state index contributed by atoms with van der Waals surface area (Å²) in [6.07, 6.45) is 0.540. The summed E-state index contributed by atoms with van der Waals surface area (Å²) >= 11 is 0. The van der Waals surface area contributed by atoms with Gasteiger partial charge in [-0.05, 0) is 17.5 Å². The van der Waals surface area contributed by atoms with Gasteiger partial charge in [0, 0.05) is 12.6 Å². The molecule has 1 rings (SSSR count). The van der Waals surface area contributed by atoms with Gasteiger partial charge in [0.05, 0.1) is 6.42 Å². The SMILES string of the molecule is NCc1ccccc1C[C@@H](N)CC(=O)O. The van der Waals surface area contributed by atoms with Crippen molar-refractivity contribution in [1.29, 1.82) is 0 Å². The van der Waals surface area contributed by atoms with Gasteiger partial charge in [-0.25, -0.2) is 0 Å². The van der Waals surface area contributed by atoms with E-state index < -0.39 is 5.97 Å². The number of nitrogens with two attached hydrogens (primary N) is 2. The molecule has 0 spiro atoms. The van der Waals surface area contributed by atoms with Crippen molar-refractivity contribution in [3.05, 3.63) is 35.4 Å². The lowest BCUT2D eigenvalue weighted by atomic mass is 9.99. The fourth-order valence-electron chi connectivity index (χ4n) is 1.53. The maximum atomic E-state index is 10.4. The monoisotopic (exact) mass is 208 g/mol. The van der Waals surface area contributed by atoms with E-state index in [0.717, 1.165) is 11.1 Å². The number of hydrogen-bond acceptors (Lipinski definition) is 3. The standard InChI is InChI=1S/C11H16N2O2/c12-7-9-4-2-1-3-8(9)5-10(13)6-11(14)15/h1-4,10H,5-7,12-13H2,(H,14,15)/t10-/m1/s1. The van der Waals surface area contributed by atoms with Crippen LogP contribution >= 0.6 is 0 Å². The van der Waals surface area contributed by atoms with Crippen LogP contribution in [0.5, 0.6) is 0 Å². The molecule has 0 radical (unpaired) electrons. The summed E-state index contributed by atoms with van der Waals surface area (Å²) in [6, 6.07) is 7.33. The van der Waals surface area contributed by atoms with Gasteiger partial charge in [-0.15, -0.1) is 0 Å². The summed E-state index contributed by atoms with van der Waals surface area (Å²) in [5, 5.41) is 8.58. The van der Waals surface area contributed by atoms with Gasteiger partial charge in [0.2, 0.25) is 0 Å². The predicted octanol–water partition coefficient (Wildman–Crippen LogP) is 0.490. The number of carboxylic acid groups (broad SMARTS) is 1. The van der Waals surface area contributed by atoms with E-state index in [4.69, 9.17) is 16.6 Å². The molecular formula is C11H16N2O2. The highest BCUT2D eigenvalue weighted by Crippen LogP contribution is 2.10. The summed E-state index contributed by atoms with van der Waals surface area (Å²) in [5.74, 6) is -0.868. The molecule has 0 aromatic heterocycles. The lowest BCUT2D eigenvalue weighted by molar-refractivity contribution is -0.137. The van der Waals surface area contributed by atoms with Gasteiger partial charge in [-0.3, -0.25) is 4.79 Å². The summed E-state index contributed by atoms with van der Waals surface area (Å²) < 4.78 is 0. The van der Waals surface area contributed by atoms with E-state index in [-0.39, 0.29) is 12.5 Å². The normalized spacial score (nSPS) is 12.4. The van der Waals surface area contributed by atoms with Gasteiger partial charge in [0.15, 0.2) is 0 Å². The molecule has 1 aromatic carbocycles. The van der Waals surface area contributed by atoms with E-state index in [2.05, 4.69) is 0 Å². The molecule has 15 heavy (non-hydrogen) atoms. The molecule has 0 saturated heterocycles. The van der Waals surface area contributed by atoms with Crippen molar-refractivity contribution < 1.29 is 9.90 Å². The van der Waals surface area contributed by atoms with Crippen LogP contribution in [0.15, 0.2) is 24.3 Å². The van der Waals surface area contributed by atoms with Crippen molar-refractivity contribution in [3.8, 4) is 0 Å². The van der Waals surface area contributed by atoms with E-state index in [9.17, 15) is 4.79 Å². The first-order chi connectivity index (χ1) is 7.13. The molecule has 0 saturated carbocycles. The lowest BCUT2D eigenvalue weighted by Crippen LogP contribution is -2.26. The summed E-state index contributed by atoms with van der Waals surface area (Å²) in [7, 11) is 0. The Balaban J connectivity index is 2.67. The number of rotatable bonds is 5. The first-order valence-electron chi connectivity index (χ1n) is 4.87. The Morgan fingerprint density at radius 2 is 1.93 bits per heavy atom. The van der Waals surface area contributed by atoms with Crippen LogP contribution in [0.2, 0.25) is 0 Å². The highest BCUT2D eigenvalue weighted by molar-refractivity contribution is 5.67. The summed E-state index contributed by atoms with van der Waals surface area (Å²) in [6.45, 7) is 0.454. The van der Waals surface area contributed by atoms with Crippen LogP contribution in [0.4, 0.5) is 0 Å². The molecule has 5 N–H and O–H groups in total. The topological polar surface area (TPSA) is 89.3 Å². The van der Waals surface area contributed by atoms with Gasteiger partial charge in [0.25, 0.3) is 0 Å². The average Bonchev–Trinajstić information content (AvgIpc) is 2.17. The molecule has 82 valence electrons. The lowest BCUT2D eigenvalue weighted by Gasteiger charge is -2.12. The Morgan fingerprint density at radius 1 is 1.33 bits per heavy atom. The van der Waals surface area contributed by atoms with E-state index in [1.165, 1.54) is 0 Å².